The van der Waals surface area contributed by atoms with E-state index in [2.05, 4.69) is 132 Å². The van der Waals surface area contributed by atoms with Crippen LogP contribution in [0.5, 0.6) is 0 Å². The van der Waals surface area contributed by atoms with E-state index in [-0.39, 0.29) is 0 Å². The number of rotatable bonds is 8. The van der Waals surface area contributed by atoms with Gasteiger partial charge in [-0.3, -0.25) is 0 Å². The van der Waals surface area contributed by atoms with Crippen LogP contribution in [0, 0.1) is 27.7 Å². The molecular weight excluding hydrogens is 621 g/mol. The Morgan fingerprint density at radius 2 is 0.600 bits per heavy atom. The molecule has 0 aliphatic carbocycles. The van der Waals surface area contributed by atoms with Crippen molar-refractivity contribution < 1.29 is 0 Å². The molecule has 10 nitrogen and oxygen atoms in total. The first-order chi connectivity index (χ1) is 24.4. The lowest BCUT2D eigenvalue weighted by Crippen LogP contribution is -2.05. The summed E-state index contributed by atoms with van der Waals surface area (Å²) in [4.78, 5) is 0. The molecule has 4 heterocycles. The molecule has 0 fully saturated rings. The minimum Gasteiger partial charge on any atom is -0.352 e. The second-order valence-electron chi connectivity index (χ2n) is 12.1. The van der Waals surface area contributed by atoms with Crippen LogP contribution in [0.2, 0.25) is 0 Å². The van der Waals surface area contributed by atoms with Gasteiger partial charge < -0.3 is 10.6 Å². The van der Waals surface area contributed by atoms with Gasteiger partial charge in [-0.1, -0.05) is 24.3 Å². The van der Waals surface area contributed by atoms with Gasteiger partial charge in [0.2, 0.25) is 0 Å². The summed E-state index contributed by atoms with van der Waals surface area (Å²) < 4.78 is 7.49. The van der Waals surface area contributed by atoms with E-state index in [1.54, 1.807) is 24.8 Å². The smallest absolute Gasteiger partial charge is 0.0882 e. The van der Waals surface area contributed by atoms with Gasteiger partial charge in [0.25, 0.3) is 0 Å². The Morgan fingerprint density at radius 3 is 0.800 bits per heavy atom. The minimum atomic E-state index is 0.992. The predicted octanol–water partition coefficient (Wildman–Crippen LogP) is 8.84. The van der Waals surface area contributed by atoms with Crippen LogP contribution in [0.4, 0.5) is 22.7 Å². The molecule has 8 aromatic rings. The molecule has 0 unspecified atom stereocenters. The third kappa shape index (κ3) is 7.09. The molecule has 0 aliphatic heterocycles. The number of nitrogens with one attached hydrogen (secondary N) is 2. The summed E-state index contributed by atoms with van der Waals surface area (Å²) >= 11 is 0. The average Bonchev–Trinajstić information content (AvgIpc) is 3.97. The average molecular weight is 659 g/mol. The van der Waals surface area contributed by atoms with Crippen LogP contribution >= 0.6 is 0 Å². The second-order valence-corrected chi connectivity index (χ2v) is 12.1. The topological polar surface area (TPSA) is 95.3 Å². The summed E-state index contributed by atoms with van der Waals surface area (Å²) in [6.45, 7) is 8.32. The van der Waals surface area contributed by atoms with E-state index in [0.29, 0.717) is 0 Å². The molecule has 0 saturated carbocycles. The molecule has 0 amide bonds. The number of nitrogens with zero attached hydrogens (tertiary/aromatic N) is 8. The summed E-state index contributed by atoms with van der Waals surface area (Å²) in [6.07, 6.45) is 14.9. The van der Waals surface area contributed by atoms with E-state index in [4.69, 9.17) is 0 Å². The predicted molar refractivity (Wildman–Crippen MR) is 200 cm³/mol. The highest BCUT2D eigenvalue weighted by Crippen LogP contribution is 2.31. The van der Waals surface area contributed by atoms with Gasteiger partial charge in [0.05, 0.1) is 45.5 Å². The van der Waals surface area contributed by atoms with Crippen LogP contribution in [-0.2, 0) is 0 Å². The summed E-state index contributed by atoms with van der Waals surface area (Å²) in [6, 6.07) is 32.9. The Labute approximate surface area is 291 Å². The fourth-order valence-corrected chi connectivity index (χ4v) is 5.68. The molecule has 10 heteroatoms. The van der Waals surface area contributed by atoms with Crippen molar-refractivity contribution >= 4 is 22.7 Å². The lowest BCUT2D eigenvalue weighted by molar-refractivity contribution is 0.876. The van der Waals surface area contributed by atoms with Gasteiger partial charge in [0.1, 0.15) is 0 Å². The van der Waals surface area contributed by atoms with Crippen molar-refractivity contribution in [3.8, 4) is 22.7 Å². The van der Waals surface area contributed by atoms with Gasteiger partial charge >= 0.3 is 0 Å². The number of benzene rings is 4. The summed E-state index contributed by atoms with van der Waals surface area (Å²) in [5.74, 6) is 0. The van der Waals surface area contributed by atoms with E-state index in [9.17, 15) is 0 Å². The van der Waals surface area contributed by atoms with Crippen LogP contribution in [0.3, 0.4) is 0 Å². The second kappa shape index (κ2) is 14.2. The Kier molecular flexibility index (Phi) is 9.06. The molecule has 248 valence electrons. The SMILES string of the molecule is Cc1ccc(Nc2ccc(C)cc2-n2cccn2)c(-n2cccn2)c1.Cc1ccc(Nc2ccc(C)cc2-n2cccn2)c(-n2cccn2)c1. The summed E-state index contributed by atoms with van der Waals surface area (Å²) in [7, 11) is 0. The molecular formula is C40H38N10. The van der Waals surface area contributed by atoms with Crippen molar-refractivity contribution in [3.05, 3.63) is 169 Å². The third-order valence-corrected chi connectivity index (χ3v) is 8.16. The van der Waals surface area contributed by atoms with E-state index >= 15 is 0 Å². The highest BCUT2D eigenvalue weighted by Gasteiger charge is 2.12. The lowest BCUT2D eigenvalue weighted by atomic mass is 10.1. The molecule has 4 aromatic carbocycles. The molecule has 0 bridgehead atoms. The Balaban J connectivity index is 0.000000157. The van der Waals surface area contributed by atoms with Gasteiger partial charge in [-0.25, -0.2) is 18.7 Å². The molecule has 4 aromatic heterocycles. The van der Waals surface area contributed by atoms with Crippen molar-refractivity contribution in [2.45, 2.75) is 27.7 Å². The van der Waals surface area contributed by atoms with Crippen LogP contribution in [0.1, 0.15) is 22.3 Å². The van der Waals surface area contributed by atoms with Crippen LogP contribution in [0.15, 0.2) is 147 Å². The standard InChI is InChI=1S/2C20H19N5/c2*1-15-5-7-17(19(13-15)24-11-3-9-21-24)23-18-8-6-16(2)14-20(18)25-12-4-10-22-25/h2*3-14,23H,1-2H3. The summed E-state index contributed by atoms with van der Waals surface area (Å²) in [5, 5.41) is 24.6. The number of hydrogen-bond acceptors (Lipinski definition) is 6. The first kappa shape index (κ1) is 31.9. The maximum atomic E-state index is 4.38. The molecule has 0 spiro atoms. The number of hydrogen-bond donors (Lipinski definition) is 2. The van der Waals surface area contributed by atoms with Crippen LogP contribution in [0.25, 0.3) is 22.7 Å². The molecule has 0 atom stereocenters. The maximum Gasteiger partial charge on any atom is 0.0882 e. The number of aromatic nitrogens is 8. The maximum absolute atomic E-state index is 4.38. The Morgan fingerprint density at radius 1 is 0.360 bits per heavy atom. The van der Waals surface area contributed by atoms with Crippen LogP contribution in [-0.4, -0.2) is 39.1 Å². The largest absolute Gasteiger partial charge is 0.352 e. The van der Waals surface area contributed by atoms with Gasteiger partial charge in [0.15, 0.2) is 0 Å². The zero-order valence-electron chi connectivity index (χ0n) is 28.4. The number of aryl methyl sites for hydroxylation is 4. The van der Waals surface area contributed by atoms with Crippen LogP contribution < -0.4 is 10.6 Å². The number of anilines is 4. The zero-order valence-corrected chi connectivity index (χ0v) is 28.4. The van der Waals surface area contributed by atoms with E-state index in [1.165, 1.54) is 22.3 Å². The quantitative estimate of drug-likeness (QED) is 0.169. The summed E-state index contributed by atoms with van der Waals surface area (Å²) in [5.41, 5.74) is 12.8. The molecule has 0 aliphatic rings. The first-order valence-corrected chi connectivity index (χ1v) is 16.4. The van der Waals surface area contributed by atoms with E-state index < -0.39 is 0 Å². The monoisotopic (exact) mass is 658 g/mol. The lowest BCUT2D eigenvalue weighted by Gasteiger charge is -2.16. The fraction of sp³-hybridized carbons (Fsp3) is 0.100. The molecule has 50 heavy (non-hydrogen) atoms. The molecule has 2 N–H and O–H groups in total. The minimum absolute atomic E-state index is 0.992. The van der Waals surface area contributed by atoms with Gasteiger partial charge in [0, 0.05) is 49.6 Å². The third-order valence-electron chi connectivity index (χ3n) is 8.16. The fourth-order valence-electron chi connectivity index (χ4n) is 5.68. The highest BCUT2D eigenvalue weighted by atomic mass is 15.3. The molecule has 0 saturated heterocycles. The van der Waals surface area contributed by atoms with Crippen molar-refractivity contribution in [1.82, 2.24) is 39.1 Å². The zero-order chi connectivity index (χ0) is 34.5. The Bertz CT molecular complexity index is 1970. The van der Waals surface area contributed by atoms with Crippen molar-refractivity contribution in [1.29, 1.82) is 0 Å². The van der Waals surface area contributed by atoms with Gasteiger partial charge in [-0.15, -0.1) is 0 Å². The molecule has 0 radical (unpaired) electrons. The Hall–Kier alpha value is -6.68. The van der Waals surface area contributed by atoms with Gasteiger partial charge in [-0.05, 0) is 123 Å². The van der Waals surface area contributed by atoms with Gasteiger partial charge in [-0.2, -0.15) is 20.4 Å². The molecule has 8 rings (SSSR count). The highest BCUT2D eigenvalue weighted by molar-refractivity contribution is 5.76. The normalized spacial score (nSPS) is 10.8. The van der Waals surface area contributed by atoms with Crippen molar-refractivity contribution in [2.75, 3.05) is 10.6 Å². The van der Waals surface area contributed by atoms with Crippen molar-refractivity contribution in [3.63, 3.8) is 0 Å². The first-order valence-electron chi connectivity index (χ1n) is 16.4. The van der Waals surface area contributed by atoms with E-state index in [1.807, 2.05) is 67.8 Å². The van der Waals surface area contributed by atoms with E-state index in [0.717, 1.165) is 45.5 Å². The van der Waals surface area contributed by atoms with Crippen molar-refractivity contribution in [2.24, 2.45) is 0 Å².